The molecular weight excluding hydrogens is 232 g/mol. The molecule has 0 saturated carbocycles. The minimum absolute atomic E-state index is 0.469. The summed E-state index contributed by atoms with van der Waals surface area (Å²) >= 11 is 1.92. The molecule has 94 valence electrons. The first-order chi connectivity index (χ1) is 8.38. The first-order valence-electron chi connectivity index (χ1n) is 6.26. The molecule has 1 aliphatic rings. The Morgan fingerprint density at radius 2 is 2.53 bits per heavy atom. The molecule has 2 heterocycles. The van der Waals surface area contributed by atoms with E-state index in [-0.39, 0.29) is 0 Å². The Kier molecular flexibility index (Phi) is 5.13. The van der Waals surface area contributed by atoms with Gasteiger partial charge in [-0.1, -0.05) is 0 Å². The molecule has 1 aliphatic heterocycles. The van der Waals surface area contributed by atoms with Gasteiger partial charge in [-0.2, -0.15) is 11.8 Å². The Morgan fingerprint density at radius 1 is 1.59 bits per heavy atom. The van der Waals surface area contributed by atoms with Gasteiger partial charge < -0.3 is 10.1 Å². The number of hydrogen-bond donors (Lipinski definition) is 1. The first kappa shape index (κ1) is 12.7. The van der Waals surface area contributed by atoms with Gasteiger partial charge in [0.1, 0.15) is 0 Å². The van der Waals surface area contributed by atoms with E-state index in [2.05, 4.69) is 23.3 Å². The van der Waals surface area contributed by atoms with Gasteiger partial charge in [-0.15, -0.1) is 0 Å². The first-order valence-corrected chi connectivity index (χ1v) is 7.42. The van der Waals surface area contributed by atoms with Crippen LogP contribution in [-0.2, 0) is 10.5 Å². The van der Waals surface area contributed by atoms with Crippen LogP contribution in [0.15, 0.2) is 18.3 Å². The fraction of sp³-hybridized carbons (Fsp3) is 0.615. The molecule has 0 spiro atoms. The van der Waals surface area contributed by atoms with E-state index in [1.807, 2.05) is 24.0 Å². The quantitative estimate of drug-likeness (QED) is 0.844. The lowest BCUT2D eigenvalue weighted by atomic mass is 10.3. The lowest BCUT2D eigenvalue weighted by molar-refractivity contribution is 0.129. The van der Waals surface area contributed by atoms with E-state index >= 15 is 0 Å². The lowest BCUT2D eigenvalue weighted by Crippen LogP contribution is -2.08. The van der Waals surface area contributed by atoms with E-state index < -0.39 is 0 Å². The van der Waals surface area contributed by atoms with Gasteiger partial charge in [0.2, 0.25) is 0 Å². The maximum Gasteiger partial charge on any atom is 0.0666 e. The van der Waals surface area contributed by atoms with Gasteiger partial charge in [0.25, 0.3) is 0 Å². The van der Waals surface area contributed by atoms with Crippen molar-refractivity contribution in [2.75, 3.05) is 24.2 Å². The van der Waals surface area contributed by atoms with E-state index in [1.165, 1.54) is 12.8 Å². The third kappa shape index (κ3) is 4.21. The highest BCUT2D eigenvalue weighted by Crippen LogP contribution is 2.20. The minimum atomic E-state index is 0.469. The Bertz CT molecular complexity index is 340. The Balaban J connectivity index is 1.75. The van der Waals surface area contributed by atoms with Gasteiger partial charge >= 0.3 is 0 Å². The van der Waals surface area contributed by atoms with Crippen LogP contribution in [0.4, 0.5) is 5.69 Å². The fourth-order valence-corrected chi connectivity index (χ4v) is 2.95. The number of nitrogens with one attached hydrogen (secondary N) is 1. The zero-order valence-corrected chi connectivity index (χ0v) is 11.1. The van der Waals surface area contributed by atoms with Crippen LogP contribution in [0.2, 0.25) is 0 Å². The number of aromatic nitrogens is 1. The number of hydrogen-bond acceptors (Lipinski definition) is 4. The molecule has 0 radical (unpaired) electrons. The summed E-state index contributed by atoms with van der Waals surface area (Å²) in [5.41, 5.74) is 2.31. The minimum Gasteiger partial charge on any atom is -0.385 e. The summed E-state index contributed by atoms with van der Waals surface area (Å²) in [4.78, 5) is 4.38. The predicted octanol–water partition coefficient (Wildman–Crippen LogP) is 2.93. The topological polar surface area (TPSA) is 34.2 Å². The van der Waals surface area contributed by atoms with Gasteiger partial charge in [0.15, 0.2) is 0 Å². The summed E-state index contributed by atoms with van der Waals surface area (Å²) in [6.45, 7) is 4.00. The lowest BCUT2D eigenvalue weighted by Gasteiger charge is -2.09. The molecule has 17 heavy (non-hydrogen) atoms. The van der Waals surface area contributed by atoms with Crippen LogP contribution in [0.3, 0.4) is 0 Å². The second-order valence-corrected chi connectivity index (χ2v) is 5.25. The summed E-state index contributed by atoms with van der Waals surface area (Å²) in [6.07, 6.45) is 4.79. The molecule has 1 aromatic heterocycles. The summed E-state index contributed by atoms with van der Waals surface area (Å²) in [5, 5.41) is 3.31. The second-order valence-electron chi connectivity index (χ2n) is 4.22. The fourth-order valence-electron chi connectivity index (χ4n) is 1.94. The maximum absolute atomic E-state index is 5.60. The third-order valence-electron chi connectivity index (χ3n) is 2.78. The summed E-state index contributed by atoms with van der Waals surface area (Å²) in [6, 6.07) is 4.14. The number of nitrogens with zero attached hydrogens (tertiary/aromatic N) is 1. The van der Waals surface area contributed by atoms with E-state index in [0.29, 0.717) is 6.10 Å². The normalized spacial score (nSPS) is 19.5. The van der Waals surface area contributed by atoms with Gasteiger partial charge in [-0.05, 0) is 31.9 Å². The second kappa shape index (κ2) is 6.87. The van der Waals surface area contributed by atoms with Crippen molar-refractivity contribution in [3.8, 4) is 0 Å². The SMILES string of the molecule is CCNc1ccnc(CSCC2CCCO2)c1. The van der Waals surface area contributed by atoms with Crippen LogP contribution in [-0.4, -0.2) is 30.0 Å². The smallest absolute Gasteiger partial charge is 0.0666 e. The number of thioether (sulfide) groups is 1. The molecule has 1 aromatic rings. The number of anilines is 1. The number of pyridine rings is 1. The van der Waals surface area contributed by atoms with Crippen LogP contribution < -0.4 is 5.32 Å². The molecule has 1 fully saturated rings. The zero-order chi connectivity index (χ0) is 11.9. The maximum atomic E-state index is 5.60. The Hall–Kier alpha value is -0.740. The molecule has 2 rings (SSSR count). The van der Waals surface area contributed by atoms with Crippen molar-refractivity contribution in [3.63, 3.8) is 0 Å². The van der Waals surface area contributed by atoms with E-state index in [1.54, 1.807) is 0 Å². The Morgan fingerprint density at radius 3 is 3.29 bits per heavy atom. The summed E-state index contributed by atoms with van der Waals surface area (Å²) < 4.78 is 5.60. The van der Waals surface area contributed by atoms with Crippen LogP contribution in [0.1, 0.15) is 25.5 Å². The van der Waals surface area contributed by atoms with Crippen molar-refractivity contribution >= 4 is 17.4 Å². The molecule has 3 nitrogen and oxygen atoms in total. The van der Waals surface area contributed by atoms with Crippen molar-refractivity contribution in [3.05, 3.63) is 24.0 Å². The van der Waals surface area contributed by atoms with Crippen molar-refractivity contribution in [2.45, 2.75) is 31.6 Å². The molecule has 1 atom stereocenters. The largest absolute Gasteiger partial charge is 0.385 e. The van der Waals surface area contributed by atoms with Gasteiger partial charge in [-0.25, -0.2) is 0 Å². The summed E-state index contributed by atoms with van der Waals surface area (Å²) in [7, 11) is 0. The highest BCUT2D eigenvalue weighted by atomic mass is 32.2. The number of rotatable bonds is 6. The van der Waals surface area contributed by atoms with E-state index in [4.69, 9.17) is 4.74 Å². The van der Waals surface area contributed by atoms with Crippen LogP contribution >= 0.6 is 11.8 Å². The van der Waals surface area contributed by atoms with E-state index in [9.17, 15) is 0 Å². The van der Waals surface area contributed by atoms with Crippen molar-refractivity contribution in [2.24, 2.45) is 0 Å². The molecular formula is C13H20N2OS. The third-order valence-corrected chi connectivity index (χ3v) is 3.88. The van der Waals surface area contributed by atoms with Crippen LogP contribution in [0.5, 0.6) is 0 Å². The average molecular weight is 252 g/mol. The average Bonchev–Trinajstić information content (AvgIpc) is 2.83. The van der Waals surface area contributed by atoms with Crippen LogP contribution in [0, 0.1) is 0 Å². The van der Waals surface area contributed by atoms with Crippen LogP contribution in [0.25, 0.3) is 0 Å². The predicted molar refractivity (Wildman–Crippen MR) is 73.5 cm³/mol. The molecule has 0 bridgehead atoms. The molecule has 4 heteroatoms. The standard InChI is InChI=1S/C13H20N2OS/c1-2-14-11-5-6-15-12(8-11)9-17-10-13-4-3-7-16-13/h5-6,8,13H,2-4,7,9-10H2,1H3,(H,14,15). The Labute approximate surface area is 107 Å². The molecule has 0 aromatic carbocycles. The highest BCUT2D eigenvalue weighted by Gasteiger charge is 2.14. The van der Waals surface area contributed by atoms with Crippen molar-refractivity contribution in [1.82, 2.24) is 4.98 Å². The van der Waals surface area contributed by atoms with Gasteiger partial charge in [-0.3, -0.25) is 4.98 Å². The summed E-state index contributed by atoms with van der Waals surface area (Å²) in [5.74, 6) is 2.06. The molecule has 0 aliphatic carbocycles. The highest BCUT2D eigenvalue weighted by molar-refractivity contribution is 7.98. The monoisotopic (exact) mass is 252 g/mol. The number of ether oxygens (including phenoxy) is 1. The van der Waals surface area contributed by atoms with Crippen molar-refractivity contribution < 1.29 is 4.74 Å². The van der Waals surface area contributed by atoms with E-state index in [0.717, 1.165) is 36.0 Å². The molecule has 1 N–H and O–H groups in total. The zero-order valence-electron chi connectivity index (χ0n) is 10.3. The van der Waals surface area contributed by atoms with Gasteiger partial charge in [0.05, 0.1) is 11.8 Å². The molecule has 1 unspecified atom stereocenters. The molecule has 0 amide bonds. The van der Waals surface area contributed by atoms with Gasteiger partial charge in [0, 0.05) is 36.5 Å². The molecule has 1 saturated heterocycles. The van der Waals surface area contributed by atoms with Crippen molar-refractivity contribution in [1.29, 1.82) is 0 Å².